The number of methoxy groups -OCH3 is 2. The molecule has 0 N–H and O–H groups in total. The molecule has 1 aromatic carbocycles. The molecule has 1 aromatic rings. The maximum absolute atomic E-state index is 11.5. The van der Waals surface area contributed by atoms with Gasteiger partial charge in [0, 0.05) is 18.2 Å². The van der Waals surface area contributed by atoms with Gasteiger partial charge < -0.3 is 9.47 Å². The molecule has 6 nitrogen and oxygen atoms in total. The van der Waals surface area contributed by atoms with Crippen LogP contribution in [0.1, 0.15) is 44.1 Å². The van der Waals surface area contributed by atoms with Gasteiger partial charge in [0.2, 0.25) is 0 Å². The lowest BCUT2D eigenvalue weighted by atomic mass is 9.78. The highest BCUT2D eigenvalue weighted by Gasteiger charge is 2.34. The maximum Gasteiger partial charge on any atom is 0.277 e. The van der Waals surface area contributed by atoms with Crippen LogP contribution in [0.4, 0.5) is 5.69 Å². The molecule has 1 aliphatic heterocycles. The Kier molecular flexibility index (Phi) is 5.23. The van der Waals surface area contributed by atoms with E-state index in [0.717, 1.165) is 12.5 Å². The molecule has 0 unspecified atom stereocenters. The van der Waals surface area contributed by atoms with Crippen LogP contribution in [0.5, 0.6) is 11.5 Å². The predicted molar refractivity (Wildman–Crippen MR) is 91.6 cm³/mol. The Morgan fingerprint density at radius 2 is 1.79 bits per heavy atom. The lowest BCUT2D eigenvalue weighted by Crippen LogP contribution is -2.46. The molecule has 0 amide bonds. The van der Waals surface area contributed by atoms with E-state index in [-0.39, 0.29) is 10.6 Å². The van der Waals surface area contributed by atoms with E-state index in [0.29, 0.717) is 29.6 Å². The van der Waals surface area contributed by atoms with Crippen molar-refractivity contribution in [2.45, 2.75) is 51.1 Å². The van der Waals surface area contributed by atoms with E-state index < -0.39 is 0 Å². The van der Waals surface area contributed by atoms with Gasteiger partial charge in [-0.3, -0.25) is 15.0 Å². The molecule has 2 fully saturated rings. The summed E-state index contributed by atoms with van der Waals surface area (Å²) in [5.74, 6) is 1.71. The van der Waals surface area contributed by atoms with Crippen molar-refractivity contribution in [3.05, 3.63) is 27.8 Å². The Bertz CT molecular complexity index is 603. The summed E-state index contributed by atoms with van der Waals surface area (Å²) in [7, 11) is 3.06. The standard InChI is InChI=1S/C18H26N2O4/c1-23-17-10-14(16(20(21)22)11-18(17)24-2)12-19-9-5-7-13-6-3-4-8-15(13)19/h10-11,13,15H,3-9,12H2,1-2H3/t13-,15-/m1/s1. The van der Waals surface area contributed by atoms with Crippen LogP contribution in [-0.4, -0.2) is 36.6 Å². The Balaban J connectivity index is 1.88. The third-order valence-corrected chi connectivity index (χ3v) is 5.51. The Labute approximate surface area is 142 Å². The normalized spacial score (nSPS) is 24.2. The number of hydrogen-bond donors (Lipinski definition) is 0. The zero-order valence-electron chi connectivity index (χ0n) is 14.5. The number of piperidine rings is 1. The van der Waals surface area contributed by atoms with Crippen LogP contribution in [0, 0.1) is 16.0 Å². The van der Waals surface area contributed by atoms with Gasteiger partial charge in [0.05, 0.1) is 25.2 Å². The van der Waals surface area contributed by atoms with E-state index in [1.54, 1.807) is 13.2 Å². The smallest absolute Gasteiger partial charge is 0.277 e. The van der Waals surface area contributed by atoms with Gasteiger partial charge in [0.15, 0.2) is 11.5 Å². The molecular weight excluding hydrogens is 308 g/mol. The van der Waals surface area contributed by atoms with Gasteiger partial charge in [-0.25, -0.2) is 0 Å². The van der Waals surface area contributed by atoms with Gasteiger partial charge >= 0.3 is 0 Å². The highest BCUT2D eigenvalue weighted by atomic mass is 16.6. The van der Waals surface area contributed by atoms with Crippen molar-refractivity contribution in [3.8, 4) is 11.5 Å². The minimum Gasteiger partial charge on any atom is -0.493 e. The molecule has 3 rings (SSSR count). The summed E-state index contributed by atoms with van der Waals surface area (Å²) in [6.07, 6.45) is 7.59. The largest absolute Gasteiger partial charge is 0.493 e. The number of nitro benzene ring substituents is 1. The van der Waals surface area contributed by atoms with Gasteiger partial charge in [-0.2, -0.15) is 0 Å². The van der Waals surface area contributed by atoms with Crippen molar-refractivity contribution in [1.82, 2.24) is 4.90 Å². The Morgan fingerprint density at radius 1 is 1.12 bits per heavy atom. The molecule has 1 saturated carbocycles. The first-order chi connectivity index (χ1) is 11.6. The first kappa shape index (κ1) is 17.0. The predicted octanol–water partition coefficient (Wildman–Crippen LogP) is 3.77. The maximum atomic E-state index is 11.5. The molecule has 0 bridgehead atoms. The number of ether oxygens (including phenoxy) is 2. The second-order valence-electron chi connectivity index (χ2n) is 6.82. The molecular formula is C18H26N2O4. The number of likely N-dealkylation sites (tertiary alicyclic amines) is 1. The monoisotopic (exact) mass is 334 g/mol. The molecule has 1 aliphatic carbocycles. The van der Waals surface area contributed by atoms with Crippen LogP contribution in [0.25, 0.3) is 0 Å². The molecule has 2 aliphatic rings. The van der Waals surface area contributed by atoms with Gasteiger partial charge in [-0.15, -0.1) is 0 Å². The fourth-order valence-corrected chi connectivity index (χ4v) is 4.35. The number of fused-ring (bicyclic) bond motifs is 1. The van der Waals surface area contributed by atoms with Crippen LogP contribution in [-0.2, 0) is 6.54 Å². The summed E-state index contributed by atoms with van der Waals surface area (Å²) in [6.45, 7) is 1.63. The molecule has 0 radical (unpaired) electrons. The number of nitrogens with zero attached hydrogens (tertiary/aromatic N) is 2. The lowest BCUT2D eigenvalue weighted by molar-refractivity contribution is -0.385. The highest BCUT2D eigenvalue weighted by Crippen LogP contribution is 2.39. The van der Waals surface area contributed by atoms with Crippen molar-refractivity contribution in [2.75, 3.05) is 20.8 Å². The van der Waals surface area contributed by atoms with E-state index in [9.17, 15) is 10.1 Å². The van der Waals surface area contributed by atoms with Crippen molar-refractivity contribution < 1.29 is 14.4 Å². The van der Waals surface area contributed by atoms with E-state index in [4.69, 9.17) is 9.47 Å². The van der Waals surface area contributed by atoms with Crippen LogP contribution in [0.3, 0.4) is 0 Å². The topological polar surface area (TPSA) is 64.8 Å². The van der Waals surface area contributed by atoms with Crippen LogP contribution in [0.15, 0.2) is 12.1 Å². The zero-order valence-corrected chi connectivity index (χ0v) is 14.5. The van der Waals surface area contributed by atoms with Gasteiger partial charge in [-0.05, 0) is 44.2 Å². The average molecular weight is 334 g/mol. The second-order valence-corrected chi connectivity index (χ2v) is 6.82. The quantitative estimate of drug-likeness (QED) is 0.606. The first-order valence-corrected chi connectivity index (χ1v) is 8.77. The van der Waals surface area contributed by atoms with Crippen LogP contribution in [0.2, 0.25) is 0 Å². The third-order valence-electron chi connectivity index (χ3n) is 5.51. The fourth-order valence-electron chi connectivity index (χ4n) is 4.35. The number of hydrogen-bond acceptors (Lipinski definition) is 5. The van der Waals surface area contributed by atoms with Crippen molar-refractivity contribution >= 4 is 5.69 Å². The van der Waals surface area contributed by atoms with E-state index in [2.05, 4.69) is 4.90 Å². The van der Waals surface area contributed by atoms with Gasteiger partial charge in [0.1, 0.15) is 0 Å². The van der Waals surface area contributed by atoms with E-state index in [1.807, 2.05) is 0 Å². The van der Waals surface area contributed by atoms with Crippen molar-refractivity contribution in [2.24, 2.45) is 5.92 Å². The van der Waals surface area contributed by atoms with Crippen LogP contribution >= 0.6 is 0 Å². The van der Waals surface area contributed by atoms with Crippen LogP contribution < -0.4 is 9.47 Å². The molecule has 24 heavy (non-hydrogen) atoms. The fraction of sp³-hybridized carbons (Fsp3) is 0.667. The molecule has 0 aromatic heterocycles. The number of rotatable bonds is 5. The molecule has 132 valence electrons. The molecule has 0 spiro atoms. The number of nitro groups is 1. The SMILES string of the molecule is COc1cc(CN2CCC[C@H]3CCCC[C@H]32)c([N+](=O)[O-])cc1OC. The number of benzene rings is 1. The summed E-state index contributed by atoms with van der Waals surface area (Å²) in [5, 5.41) is 11.5. The minimum atomic E-state index is -0.320. The average Bonchev–Trinajstić information content (AvgIpc) is 2.61. The molecule has 1 saturated heterocycles. The molecule has 6 heteroatoms. The van der Waals surface area contributed by atoms with Crippen molar-refractivity contribution in [1.29, 1.82) is 0 Å². The van der Waals surface area contributed by atoms with Gasteiger partial charge in [-0.1, -0.05) is 12.8 Å². The Hall–Kier alpha value is -1.82. The lowest BCUT2D eigenvalue weighted by Gasteiger charge is -2.44. The summed E-state index contributed by atoms with van der Waals surface area (Å²) in [4.78, 5) is 13.6. The zero-order chi connectivity index (χ0) is 17.1. The first-order valence-electron chi connectivity index (χ1n) is 8.77. The summed E-state index contributed by atoms with van der Waals surface area (Å²) < 4.78 is 10.6. The second kappa shape index (κ2) is 7.38. The highest BCUT2D eigenvalue weighted by molar-refractivity contribution is 5.54. The third kappa shape index (κ3) is 3.34. The summed E-state index contributed by atoms with van der Waals surface area (Å²) >= 11 is 0. The molecule has 2 atom stereocenters. The van der Waals surface area contributed by atoms with E-state index >= 15 is 0 Å². The minimum absolute atomic E-state index is 0.116. The van der Waals surface area contributed by atoms with Crippen molar-refractivity contribution in [3.63, 3.8) is 0 Å². The summed E-state index contributed by atoms with van der Waals surface area (Å²) in [6, 6.07) is 3.82. The Morgan fingerprint density at radius 3 is 2.50 bits per heavy atom. The van der Waals surface area contributed by atoms with E-state index in [1.165, 1.54) is 51.7 Å². The summed E-state index contributed by atoms with van der Waals surface area (Å²) in [5.41, 5.74) is 0.828. The van der Waals surface area contributed by atoms with Gasteiger partial charge in [0.25, 0.3) is 5.69 Å². The molecule has 1 heterocycles.